The highest BCUT2D eigenvalue weighted by molar-refractivity contribution is 5.75. The van der Waals surface area contributed by atoms with Crippen molar-refractivity contribution in [1.29, 1.82) is 0 Å². The molecule has 29 heavy (non-hydrogen) atoms. The number of amides is 1. The number of rotatable bonds is 19. The lowest BCUT2D eigenvalue weighted by Gasteiger charge is -2.06. The topological polar surface area (TPSA) is 38.3 Å². The van der Waals surface area contributed by atoms with Crippen LogP contribution in [0.5, 0.6) is 5.75 Å². The van der Waals surface area contributed by atoms with Gasteiger partial charge in [-0.15, -0.1) is 0 Å². The molecule has 0 aliphatic rings. The van der Waals surface area contributed by atoms with Gasteiger partial charge in [0, 0.05) is 13.0 Å². The number of carbonyl (C=O) groups excluding carboxylic acids is 1. The minimum atomic E-state index is 0.163. The molecule has 166 valence electrons. The Labute approximate surface area is 180 Å². The minimum absolute atomic E-state index is 0.163. The van der Waals surface area contributed by atoms with Gasteiger partial charge in [0.25, 0.3) is 0 Å². The standard InChI is InChI=1S/C26H45NO2/c1-3-4-5-6-7-8-9-10-11-12-13-14-15-16-17-18-26(28)27-23-24-19-21-25(29-2)22-20-24/h19-22H,3-18,23H2,1-2H3,(H,27,28). The van der Waals surface area contributed by atoms with E-state index in [-0.39, 0.29) is 5.91 Å². The molecule has 0 aliphatic heterocycles. The van der Waals surface area contributed by atoms with Crippen LogP contribution in [0.15, 0.2) is 24.3 Å². The van der Waals surface area contributed by atoms with Crippen molar-refractivity contribution in [3.63, 3.8) is 0 Å². The summed E-state index contributed by atoms with van der Waals surface area (Å²) < 4.78 is 5.14. The van der Waals surface area contributed by atoms with E-state index in [4.69, 9.17) is 4.74 Å². The van der Waals surface area contributed by atoms with Crippen molar-refractivity contribution in [2.75, 3.05) is 7.11 Å². The van der Waals surface area contributed by atoms with Crippen LogP contribution in [-0.2, 0) is 11.3 Å². The highest BCUT2D eigenvalue weighted by atomic mass is 16.5. The summed E-state index contributed by atoms with van der Waals surface area (Å²) in [5, 5.41) is 3.01. The fourth-order valence-corrected chi connectivity index (χ4v) is 3.69. The molecule has 0 atom stereocenters. The Morgan fingerprint density at radius 2 is 1.17 bits per heavy atom. The molecule has 1 amide bonds. The number of hydrogen-bond donors (Lipinski definition) is 1. The van der Waals surface area contributed by atoms with Gasteiger partial charge in [-0.05, 0) is 24.1 Å². The lowest BCUT2D eigenvalue weighted by molar-refractivity contribution is -0.121. The van der Waals surface area contributed by atoms with E-state index in [1.54, 1.807) is 7.11 Å². The van der Waals surface area contributed by atoms with E-state index in [0.29, 0.717) is 13.0 Å². The Bertz CT molecular complexity index is 498. The zero-order valence-electron chi connectivity index (χ0n) is 19.1. The molecule has 0 aromatic heterocycles. The average Bonchev–Trinajstić information content (AvgIpc) is 2.75. The lowest BCUT2D eigenvalue weighted by atomic mass is 10.0. The molecule has 3 nitrogen and oxygen atoms in total. The van der Waals surface area contributed by atoms with Crippen LogP contribution in [-0.4, -0.2) is 13.0 Å². The van der Waals surface area contributed by atoms with Gasteiger partial charge in [0.1, 0.15) is 5.75 Å². The van der Waals surface area contributed by atoms with Gasteiger partial charge < -0.3 is 10.1 Å². The van der Waals surface area contributed by atoms with Crippen LogP contribution < -0.4 is 10.1 Å². The molecule has 1 N–H and O–H groups in total. The highest BCUT2D eigenvalue weighted by Crippen LogP contribution is 2.14. The van der Waals surface area contributed by atoms with Crippen LogP contribution in [0.3, 0.4) is 0 Å². The predicted octanol–water partition coefficient (Wildman–Crippen LogP) is 7.57. The Morgan fingerprint density at radius 3 is 1.62 bits per heavy atom. The van der Waals surface area contributed by atoms with E-state index >= 15 is 0 Å². The summed E-state index contributed by atoms with van der Waals surface area (Å²) in [6.45, 7) is 2.88. The summed E-state index contributed by atoms with van der Waals surface area (Å²) in [5.41, 5.74) is 1.11. The summed E-state index contributed by atoms with van der Waals surface area (Å²) in [7, 11) is 1.66. The molecule has 0 heterocycles. The number of methoxy groups -OCH3 is 1. The third kappa shape index (κ3) is 15.1. The maximum atomic E-state index is 11.9. The Hall–Kier alpha value is -1.51. The van der Waals surface area contributed by atoms with E-state index in [1.807, 2.05) is 24.3 Å². The van der Waals surface area contributed by atoms with Crippen LogP contribution in [0.4, 0.5) is 0 Å². The van der Waals surface area contributed by atoms with Gasteiger partial charge in [0.15, 0.2) is 0 Å². The molecular formula is C26H45NO2. The summed E-state index contributed by atoms with van der Waals surface area (Å²) in [6.07, 6.45) is 20.9. The van der Waals surface area contributed by atoms with Crippen molar-refractivity contribution in [2.24, 2.45) is 0 Å². The van der Waals surface area contributed by atoms with E-state index in [0.717, 1.165) is 17.7 Å². The van der Waals surface area contributed by atoms with Gasteiger partial charge in [-0.3, -0.25) is 4.79 Å². The third-order valence-electron chi connectivity index (χ3n) is 5.66. The van der Waals surface area contributed by atoms with E-state index < -0.39 is 0 Å². The van der Waals surface area contributed by atoms with Crippen molar-refractivity contribution < 1.29 is 9.53 Å². The Morgan fingerprint density at radius 1 is 0.724 bits per heavy atom. The predicted molar refractivity (Wildman–Crippen MR) is 124 cm³/mol. The molecule has 0 spiro atoms. The molecule has 1 aromatic carbocycles. The van der Waals surface area contributed by atoms with Crippen molar-refractivity contribution in [2.45, 2.75) is 116 Å². The van der Waals surface area contributed by atoms with Crippen LogP contribution >= 0.6 is 0 Å². The first-order valence-corrected chi connectivity index (χ1v) is 12.2. The molecular weight excluding hydrogens is 358 g/mol. The first kappa shape index (κ1) is 25.5. The number of nitrogens with one attached hydrogen (secondary N) is 1. The maximum Gasteiger partial charge on any atom is 0.220 e. The van der Waals surface area contributed by atoms with Gasteiger partial charge in [0.2, 0.25) is 5.91 Å². The number of ether oxygens (including phenoxy) is 1. The van der Waals surface area contributed by atoms with E-state index in [9.17, 15) is 4.79 Å². The summed E-state index contributed by atoms with van der Waals surface area (Å²) in [6, 6.07) is 7.84. The zero-order valence-corrected chi connectivity index (χ0v) is 19.1. The fraction of sp³-hybridized carbons (Fsp3) is 0.731. The lowest BCUT2D eigenvalue weighted by Crippen LogP contribution is -2.22. The molecule has 0 fully saturated rings. The maximum absolute atomic E-state index is 11.9. The second-order valence-electron chi connectivity index (χ2n) is 8.32. The first-order chi connectivity index (χ1) is 14.3. The monoisotopic (exact) mass is 403 g/mol. The van der Waals surface area contributed by atoms with Gasteiger partial charge in [0.05, 0.1) is 7.11 Å². The van der Waals surface area contributed by atoms with Gasteiger partial charge in [-0.25, -0.2) is 0 Å². The molecule has 0 saturated heterocycles. The third-order valence-corrected chi connectivity index (χ3v) is 5.66. The molecule has 0 aliphatic carbocycles. The highest BCUT2D eigenvalue weighted by Gasteiger charge is 2.02. The second-order valence-corrected chi connectivity index (χ2v) is 8.32. The van der Waals surface area contributed by atoms with Crippen molar-refractivity contribution in [3.05, 3.63) is 29.8 Å². The smallest absolute Gasteiger partial charge is 0.220 e. The number of carbonyl (C=O) groups is 1. The molecule has 0 bridgehead atoms. The van der Waals surface area contributed by atoms with Crippen LogP contribution in [0, 0.1) is 0 Å². The van der Waals surface area contributed by atoms with Crippen molar-refractivity contribution in [1.82, 2.24) is 5.32 Å². The summed E-state index contributed by atoms with van der Waals surface area (Å²) in [5.74, 6) is 1.01. The second kappa shape index (κ2) is 18.5. The van der Waals surface area contributed by atoms with Crippen molar-refractivity contribution in [3.8, 4) is 5.75 Å². The SMILES string of the molecule is CCCCCCCCCCCCCCCCCC(=O)NCc1ccc(OC)cc1. The van der Waals surface area contributed by atoms with Crippen LogP contribution in [0.1, 0.15) is 115 Å². The molecule has 1 rings (SSSR count). The quantitative estimate of drug-likeness (QED) is 0.242. The average molecular weight is 404 g/mol. The first-order valence-electron chi connectivity index (χ1n) is 12.2. The van der Waals surface area contributed by atoms with Crippen LogP contribution in [0.2, 0.25) is 0 Å². The molecule has 0 radical (unpaired) electrons. The molecule has 0 saturated carbocycles. The van der Waals surface area contributed by atoms with Gasteiger partial charge in [-0.2, -0.15) is 0 Å². The number of unbranched alkanes of at least 4 members (excludes halogenated alkanes) is 14. The normalized spacial score (nSPS) is 10.8. The minimum Gasteiger partial charge on any atom is -0.497 e. The molecule has 0 unspecified atom stereocenters. The Balaban J connectivity index is 1.82. The fourth-order valence-electron chi connectivity index (χ4n) is 3.69. The summed E-state index contributed by atoms with van der Waals surface area (Å²) >= 11 is 0. The summed E-state index contributed by atoms with van der Waals surface area (Å²) in [4.78, 5) is 11.9. The molecule has 1 aromatic rings. The number of benzene rings is 1. The van der Waals surface area contributed by atoms with Crippen LogP contribution in [0.25, 0.3) is 0 Å². The largest absolute Gasteiger partial charge is 0.497 e. The zero-order chi connectivity index (χ0) is 21.0. The Kier molecular flexibility index (Phi) is 16.3. The molecule has 3 heteroatoms. The van der Waals surface area contributed by atoms with Crippen molar-refractivity contribution >= 4 is 5.91 Å². The van der Waals surface area contributed by atoms with E-state index in [1.165, 1.54) is 89.9 Å². The number of hydrogen-bond acceptors (Lipinski definition) is 2. The van der Waals surface area contributed by atoms with Gasteiger partial charge >= 0.3 is 0 Å². The van der Waals surface area contributed by atoms with E-state index in [2.05, 4.69) is 12.2 Å². The van der Waals surface area contributed by atoms with Gasteiger partial charge in [-0.1, -0.05) is 109 Å².